The van der Waals surface area contributed by atoms with Crippen molar-refractivity contribution in [2.45, 2.75) is 103 Å². The normalized spacial score (nSPS) is 22.4. The summed E-state index contributed by atoms with van der Waals surface area (Å²) in [5, 5.41) is 9.67. The average molecular weight is 524 g/mol. The van der Waals surface area contributed by atoms with Crippen LogP contribution < -0.4 is 4.74 Å². The first-order chi connectivity index (χ1) is 19.0. The van der Waals surface area contributed by atoms with E-state index in [-0.39, 0.29) is 0 Å². The first-order valence-corrected chi connectivity index (χ1v) is 15.2. The monoisotopic (exact) mass is 523 g/mol. The number of esters is 1. The lowest BCUT2D eigenvalue weighted by atomic mass is 9.64. The lowest BCUT2D eigenvalue weighted by molar-refractivity contribution is 0.0734. The SMILES string of the molecule is CCCCCCCCCc1ccc(OC(=O)c2ccc(C3CCC(C4(C)C=CC=CC4)CC3)cc2)c(C#N)c1. The van der Waals surface area contributed by atoms with Crippen molar-refractivity contribution in [3.05, 3.63) is 89.0 Å². The molecule has 3 heteroatoms. The summed E-state index contributed by atoms with van der Waals surface area (Å²) in [7, 11) is 0. The number of nitriles is 1. The number of unbranched alkanes of at least 4 members (excludes halogenated alkanes) is 6. The van der Waals surface area contributed by atoms with Crippen LogP contribution in [0, 0.1) is 22.7 Å². The Morgan fingerprint density at radius 3 is 2.33 bits per heavy atom. The molecule has 0 radical (unpaired) electrons. The van der Waals surface area contributed by atoms with Crippen molar-refractivity contribution in [3.63, 3.8) is 0 Å². The van der Waals surface area contributed by atoms with Crippen molar-refractivity contribution in [1.82, 2.24) is 0 Å². The van der Waals surface area contributed by atoms with Gasteiger partial charge >= 0.3 is 5.97 Å². The number of carbonyl (C=O) groups is 1. The van der Waals surface area contributed by atoms with Crippen molar-refractivity contribution >= 4 is 5.97 Å². The molecule has 0 amide bonds. The number of ether oxygens (including phenoxy) is 1. The first kappa shape index (κ1) is 28.9. The highest BCUT2D eigenvalue weighted by molar-refractivity contribution is 5.91. The van der Waals surface area contributed by atoms with Gasteiger partial charge in [-0.25, -0.2) is 4.79 Å². The molecule has 0 bridgehead atoms. The van der Waals surface area contributed by atoms with Crippen molar-refractivity contribution in [3.8, 4) is 11.8 Å². The smallest absolute Gasteiger partial charge is 0.343 e. The highest BCUT2D eigenvalue weighted by Crippen LogP contribution is 2.47. The lowest BCUT2D eigenvalue weighted by Crippen LogP contribution is -2.29. The lowest BCUT2D eigenvalue weighted by Gasteiger charge is -2.40. The van der Waals surface area contributed by atoms with Crippen LogP contribution in [0.2, 0.25) is 0 Å². The van der Waals surface area contributed by atoms with Gasteiger partial charge in [-0.05, 0) is 97.6 Å². The maximum Gasteiger partial charge on any atom is 0.343 e. The molecule has 2 aromatic carbocycles. The standard InChI is InChI=1S/C36H45NO2/c1-3-4-5-6-7-8-10-13-28-14-23-34(32(26-28)27-37)39-35(38)31-17-15-29(16-18-31)30-19-21-33(22-20-30)36(2)24-11-9-12-25-36/h9,11-12,14-18,23-24,26,30,33H,3-8,10,13,19-22,25H2,1-2H3. The van der Waals surface area contributed by atoms with E-state index in [4.69, 9.17) is 4.74 Å². The second kappa shape index (κ2) is 14.3. The van der Waals surface area contributed by atoms with Crippen LogP contribution in [-0.4, -0.2) is 5.97 Å². The molecule has 1 atom stereocenters. The summed E-state index contributed by atoms with van der Waals surface area (Å²) in [6.45, 7) is 4.64. The fourth-order valence-electron chi connectivity index (χ4n) is 6.38. The number of aryl methyl sites for hydroxylation is 1. The molecule has 0 saturated heterocycles. The molecule has 0 aliphatic heterocycles. The van der Waals surface area contributed by atoms with Crippen LogP contribution in [0.1, 0.15) is 124 Å². The number of rotatable bonds is 12. The molecule has 4 rings (SSSR count). The highest BCUT2D eigenvalue weighted by atomic mass is 16.5. The molecule has 1 saturated carbocycles. The van der Waals surface area contributed by atoms with Crippen LogP contribution in [0.15, 0.2) is 66.8 Å². The summed E-state index contributed by atoms with van der Waals surface area (Å²) in [4.78, 5) is 12.9. The van der Waals surface area contributed by atoms with Gasteiger partial charge in [-0.1, -0.05) is 94.9 Å². The van der Waals surface area contributed by atoms with Crippen LogP contribution in [0.5, 0.6) is 5.75 Å². The van der Waals surface area contributed by atoms with Gasteiger partial charge in [0.2, 0.25) is 0 Å². The summed E-state index contributed by atoms with van der Waals surface area (Å²) in [5.74, 6) is 1.22. The van der Waals surface area contributed by atoms with Gasteiger partial charge in [0.05, 0.1) is 11.1 Å². The fourth-order valence-corrected chi connectivity index (χ4v) is 6.38. The predicted molar refractivity (Wildman–Crippen MR) is 160 cm³/mol. The van der Waals surface area contributed by atoms with E-state index in [0.717, 1.165) is 30.7 Å². The molecule has 0 aromatic heterocycles. The van der Waals surface area contributed by atoms with E-state index in [1.165, 1.54) is 69.8 Å². The third-order valence-corrected chi connectivity index (χ3v) is 9.00. The minimum atomic E-state index is -0.411. The zero-order valence-electron chi connectivity index (χ0n) is 24.0. The van der Waals surface area contributed by atoms with E-state index in [9.17, 15) is 10.1 Å². The summed E-state index contributed by atoms with van der Waals surface area (Å²) >= 11 is 0. The summed E-state index contributed by atoms with van der Waals surface area (Å²) in [6, 6.07) is 15.8. The molecule has 206 valence electrons. The van der Waals surface area contributed by atoms with Gasteiger partial charge in [-0.3, -0.25) is 0 Å². The molecule has 1 fully saturated rings. The molecule has 2 aliphatic carbocycles. The first-order valence-electron chi connectivity index (χ1n) is 15.2. The van der Waals surface area contributed by atoms with Gasteiger partial charge in [-0.15, -0.1) is 0 Å². The second-order valence-corrected chi connectivity index (χ2v) is 11.9. The zero-order chi connectivity index (χ0) is 27.5. The summed E-state index contributed by atoms with van der Waals surface area (Å²) < 4.78 is 5.66. The number of benzene rings is 2. The van der Waals surface area contributed by atoms with Crippen LogP contribution >= 0.6 is 0 Å². The van der Waals surface area contributed by atoms with E-state index in [0.29, 0.717) is 28.2 Å². The molecule has 0 N–H and O–H groups in total. The van der Waals surface area contributed by atoms with Crippen LogP contribution in [0.4, 0.5) is 0 Å². The molecule has 0 heterocycles. The van der Waals surface area contributed by atoms with E-state index in [1.807, 2.05) is 24.3 Å². The number of carbonyl (C=O) groups excluding carboxylic acids is 1. The predicted octanol–water partition coefficient (Wildman–Crippen LogP) is 9.87. The van der Waals surface area contributed by atoms with Crippen LogP contribution in [0.3, 0.4) is 0 Å². The van der Waals surface area contributed by atoms with E-state index in [1.54, 1.807) is 6.07 Å². The Labute approximate surface area is 236 Å². The number of hydrogen-bond donors (Lipinski definition) is 0. The van der Waals surface area contributed by atoms with Crippen LogP contribution in [-0.2, 0) is 6.42 Å². The quantitative estimate of drug-likeness (QED) is 0.158. The summed E-state index contributed by atoms with van der Waals surface area (Å²) in [6.07, 6.45) is 24.9. The molecule has 39 heavy (non-hydrogen) atoms. The molecule has 0 spiro atoms. The number of allylic oxidation sites excluding steroid dienone is 4. The molecule has 2 aliphatic rings. The summed E-state index contributed by atoms with van der Waals surface area (Å²) in [5.41, 5.74) is 3.68. The molecule has 3 nitrogen and oxygen atoms in total. The minimum absolute atomic E-state index is 0.293. The Kier molecular flexibility index (Phi) is 10.6. The maximum absolute atomic E-state index is 12.9. The fraction of sp³-hybridized carbons (Fsp3) is 0.500. The Hall–Kier alpha value is -3.12. The zero-order valence-corrected chi connectivity index (χ0v) is 24.0. The molecule has 1 unspecified atom stereocenters. The minimum Gasteiger partial charge on any atom is -0.422 e. The van der Waals surface area contributed by atoms with E-state index >= 15 is 0 Å². The third-order valence-electron chi connectivity index (χ3n) is 9.00. The van der Waals surface area contributed by atoms with Gasteiger partial charge < -0.3 is 4.74 Å². The van der Waals surface area contributed by atoms with E-state index < -0.39 is 5.97 Å². The van der Waals surface area contributed by atoms with Crippen molar-refractivity contribution in [2.24, 2.45) is 11.3 Å². The molecular weight excluding hydrogens is 478 g/mol. The number of nitrogens with zero attached hydrogens (tertiary/aromatic N) is 1. The Morgan fingerprint density at radius 2 is 1.67 bits per heavy atom. The maximum atomic E-state index is 12.9. The average Bonchev–Trinajstić information content (AvgIpc) is 2.98. The largest absolute Gasteiger partial charge is 0.422 e. The van der Waals surface area contributed by atoms with E-state index in [2.05, 4.69) is 56.4 Å². The van der Waals surface area contributed by atoms with Gasteiger partial charge in [0.1, 0.15) is 11.8 Å². The van der Waals surface area contributed by atoms with Gasteiger partial charge in [0, 0.05) is 0 Å². The Morgan fingerprint density at radius 1 is 0.949 bits per heavy atom. The van der Waals surface area contributed by atoms with Crippen molar-refractivity contribution in [1.29, 1.82) is 5.26 Å². The van der Waals surface area contributed by atoms with Gasteiger partial charge in [0.15, 0.2) is 0 Å². The second-order valence-electron chi connectivity index (χ2n) is 11.9. The van der Waals surface area contributed by atoms with Crippen LogP contribution in [0.25, 0.3) is 0 Å². The topological polar surface area (TPSA) is 50.1 Å². The third kappa shape index (κ3) is 7.95. The Balaban J connectivity index is 1.27. The Bertz CT molecular complexity index is 1180. The number of hydrogen-bond acceptors (Lipinski definition) is 3. The van der Waals surface area contributed by atoms with Gasteiger partial charge in [-0.2, -0.15) is 5.26 Å². The molecular formula is C36H45NO2. The van der Waals surface area contributed by atoms with Crippen molar-refractivity contribution < 1.29 is 9.53 Å². The molecule has 2 aromatic rings. The van der Waals surface area contributed by atoms with Crippen molar-refractivity contribution in [2.75, 3.05) is 0 Å². The highest BCUT2D eigenvalue weighted by Gasteiger charge is 2.35. The van der Waals surface area contributed by atoms with Gasteiger partial charge in [0.25, 0.3) is 0 Å².